The smallest absolute Gasteiger partial charge is 0.0657 e. The van der Waals surface area contributed by atoms with Gasteiger partial charge in [-0.3, -0.25) is 0 Å². The van der Waals surface area contributed by atoms with Crippen LogP contribution < -0.4 is 0 Å². The van der Waals surface area contributed by atoms with Crippen molar-refractivity contribution < 1.29 is 9.47 Å². The van der Waals surface area contributed by atoms with Crippen LogP contribution in [0.25, 0.3) is 0 Å². The molecule has 6 unspecified atom stereocenters. The van der Waals surface area contributed by atoms with E-state index in [1.54, 1.807) is 7.11 Å². The average molecular weight is 621 g/mol. The molecule has 6 atom stereocenters. The molecule has 0 aliphatic carbocycles. The molecule has 0 N–H and O–H groups in total. The lowest BCUT2D eigenvalue weighted by Crippen LogP contribution is -2.22. The Labute approximate surface area is 279 Å². The summed E-state index contributed by atoms with van der Waals surface area (Å²) in [5, 5.41) is 0. The minimum Gasteiger partial charge on any atom is -0.379 e. The molecule has 44 heavy (non-hydrogen) atoms. The maximum atomic E-state index is 5.57. The normalized spacial score (nSPS) is 17.1. The van der Waals surface area contributed by atoms with Gasteiger partial charge in [0.05, 0.1) is 11.2 Å². The van der Waals surface area contributed by atoms with Crippen molar-refractivity contribution in [3.8, 4) is 0 Å². The molecular formula is C42H84O2. The van der Waals surface area contributed by atoms with E-state index in [0.717, 1.165) is 36.0 Å². The van der Waals surface area contributed by atoms with Crippen molar-refractivity contribution >= 4 is 0 Å². The fraction of sp³-hybridized carbons (Fsp3) is 0.952. The van der Waals surface area contributed by atoms with Gasteiger partial charge in [-0.2, -0.15) is 0 Å². The first kappa shape index (κ1) is 43.7. The van der Waals surface area contributed by atoms with Crippen molar-refractivity contribution in [2.75, 3.05) is 14.2 Å². The summed E-state index contributed by atoms with van der Waals surface area (Å²) in [4.78, 5) is 0. The predicted octanol–water partition coefficient (Wildman–Crippen LogP) is 14.0. The van der Waals surface area contributed by atoms with Crippen LogP contribution in [0.2, 0.25) is 0 Å². The van der Waals surface area contributed by atoms with E-state index in [0.29, 0.717) is 5.92 Å². The minimum atomic E-state index is -0.0409. The lowest BCUT2D eigenvalue weighted by Gasteiger charge is -2.23. The summed E-state index contributed by atoms with van der Waals surface area (Å²) in [5.41, 5.74) is 0.00368. The SMILES string of the molecule is COC(C)(C)C/C=C/C(C)CCCC(C)CCCC(C)CCCCC(C)CCCC(C)CCCC(C)CCCC(C)(C)OC. The number of hydrogen-bond donors (Lipinski definition) is 0. The Kier molecular flexibility index (Phi) is 25.5. The number of ether oxygens (including phenoxy) is 2. The van der Waals surface area contributed by atoms with Crippen LogP contribution in [0.5, 0.6) is 0 Å². The maximum Gasteiger partial charge on any atom is 0.0657 e. The van der Waals surface area contributed by atoms with Crippen LogP contribution in [-0.2, 0) is 9.47 Å². The number of unbranched alkanes of at least 4 members (excludes halogenated alkanes) is 1. The summed E-state index contributed by atoms with van der Waals surface area (Å²) < 4.78 is 11.1. The Morgan fingerprint density at radius 3 is 1.11 bits per heavy atom. The lowest BCUT2D eigenvalue weighted by atomic mass is 9.89. The van der Waals surface area contributed by atoms with Crippen LogP contribution in [0.4, 0.5) is 0 Å². The molecule has 0 amide bonds. The molecule has 0 aliphatic rings. The molecule has 0 saturated carbocycles. The molecule has 0 saturated heterocycles. The van der Waals surface area contributed by atoms with E-state index in [1.807, 2.05) is 7.11 Å². The van der Waals surface area contributed by atoms with Crippen LogP contribution in [0.1, 0.15) is 198 Å². The molecule has 0 bridgehead atoms. The van der Waals surface area contributed by atoms with Crippen molar-refractivity contribution in [3.05, 3.63) is 12.2 Å². The highest BCUT2D eigenvalue weighted by atomic mass is 16.5. The third-order valence-corrected chi connectivity index (χ3v) is 10.8. The van der Waals surface area contributed by atoms with E-state index in [1.165, 1.54) is 122 Å². The van der Waals surface area contributed by atoms with Gasteiger partial charge in [0.25, 0.3) is 0 Å². The second-order valence-electron chi connectivity index (χ2n) is 17.0. The highest BCUT2D eigenvalue weighted by molar-refractivity contribution is 4.91. The minimum absolute atomic E-state index is 0.0409. The molecular weight excluding hydrogens is 536 g/mol. The standard InChI is InChI=1S/C42H84O2/c1-35(23-15-25-37(3)27-17-29-39(5)31-19-33-41(7,8)43-11)21-13-14-22-36(2)24-16-26-38(4)28-18-30-40(6)32-20-34-42(9,10)44-12/h19,31,35-40H,13-18,20-30,32-34H2,1-12H3/b31-19+. The fourth-order valence-electron chi connectivity index (χ4n) is 6.68. The molecule has 0 aromatic carbocycles. The van der Waals surface area contributed by atoms with Gasteiger partial charge in [0.15, 0.2) is 0 Å². The summed E-state index contributed by atoms with van der Waals surface area (Å²) in [6, 6.07) is 0. The Morgan fingerprint density at radius 2 is 0.750 bits per heavy atom. The Bertz CT molecular complexity index is 665. The Morgan fingerprint density at radius 1 is 0.432 bits per heavy atom. The Hall–Kier alpha value is -0.340. The van der Waals surface area contributed by atoms with Crippen LogP contribution in [0.15, 0.2) is 12.2 Å². The predicted molar refractivity (Wildman–Crippen MR) is 199 cm³/mol. The number of methoxy groups -OCH3 is 2. The molecule has 0 radical (unpaired) electrons. The molecule has 264 valence electrons. The van der Waals surface area contributed by atoms with Gasteiger partial charge in [0.1, 0.15) is 0 Å². The molecule has 0 aromatic heterocycles. The zero-order chi connectivity index (χ0) is 33.4. The second kappa shape index (κ2) is 25.7. The second-order valence-corrected chi connectivity index (χ2v) is 17.0. The van der Waals surface area contributed by atoms with Crippen LogP contribution in [0, 0.1) is 35.5 Å². The quantitative estimate of drug-likeness (QED) is 0.0587. The van der Waals surface area contributed by atoms with Crippen molar-refractivity contribution in [2.24, 2.45) is 35.5 Å². The largest absolute Gasteiger partial charge is 0.379 e. The molecule has 0 rings (SSSR count). The maximum absolute atomic E-state index is 5.57. The first-order chi connectivity index (χ1) is 20.7. The monoisotopic (exact) mass is 621 g/mol. The number of rotatable bonds is 30. The van der Waals surface area contributed by atoms with Gasteiger partial charge in [-0.15, -0.1) is 0 Å². The summed E-state index contributed by atoms with van der Waals surface area (Å²) in [6.45, 7) is 23.5. The van der Waals surface area contributed by atoms with Crippen molar-refractivity contribution in [1.29, 1.82) is 0 Å². The van der Waals surface area contributed by atoms with Crippen molar-refractivity contribution in [1.82, 2.24) is 0 Å². The summed E-state index contributed by atoms with van der Waals surface area (Å²) in [7, 11) is 3.65. The van der Waals surface area contributed by atoms with Crippen molar-refractivity contribution in [2.45, 2.75) is 209 Å². The molecule has 2 heteroatoms. The first-order valence-corrected chi connectivity index (χ1v) is 19.5. The average Bonchev–Trinajstić information content (AvgIpc) is 2.95. The van der Waals surface area contributed by atoms with Crippen LogP contribution >= 0.6 is 0 Å². The van der Waals surface area contributed by atoms with E-state index >= 15 is 0 Å². The van der Waals surface area contributed by atoms with E-state index in [4.69, 9.17) is 9.47 Å². The fourth-order valence-corrected chi connectivity index (χ4v) is 6.68. The van der Waals surface area contributed by atoms with Gasteiger partial charge in [-0.25, -0.2) is 0 Å². The van der Waals surface area contributed by atoms with E-state index in [-0.39, 0.29) is 11.2 Å². The van der Waals surface area contributed by atoms with Gasteiger partial charge in [0, 0.05) is 14.2 Å². The van der Waals surface area contributed by atoms with Gasteiger partial charge in [-0.05, 0) is 82.5 Å². The summed E-state index contributed by atoms with van der Waals surface area (Å²) in [6.07, 6.45) is 32.1. The van der Waals surface area contributed by atoms with E-state index in [2.05, 4.69) is 81.4 Å². The highest BCUT2D eigenvalue weighted by Gasteiger charge is 2.16. The third-order valence-electron chi connectivity index (χ3n) is 10.8. The van der Waals surface area contributed by atoms with Crippen molar-refractivity contribution in [3.63, 3.8) is 0 Å². The Balaban J connectivity index is 3.74. The summed E-state index contributed by atoms with van der Waals surface area (Å²) in [5.74, 6) is 5.13. The highest BCUT2D eigenvalue weighted by Crippen LogP contribution is 2.26. The molecule has 0 fully saturated rings. The van der Waals surface area contributed by atoms with Gasteiger partial charge in [-0.1, -0.05) is 163 Å². The molecule has 0 spiro atoms. The summed E-state index contributed by atoms with van der Waals surface area (Å²) >= 11 is 0. The topological polar surface area (TPSA) is 18.5 Å². The molecule has 2 nitrogen and oxygen atoms in total. The van der Waals surface area contributed by atoms with Crippen LogP contribution in [-0.4, -0.2) is 25.4 Å². The third kappa shape index (κ3) is 26.8. The first-order valence-electron chi connectivity index (χ1n) is 19.5. The molecule has 0 aliphatic heterocycles. The van der Waals surface area contributed by atoms with Crippen LogP contribution in [0.3, 0.4) is 0 Å². The lowest BCUT2D eigenvalue weighted by molar-refractivity contribution is 0.0127. The van der Waals surface area contributed by atoms with Gasteiger partial charge >= 0.3 is 0 Å². The number of hydrogen-bond acceptors (Lipinski definition) is 2. The van der Waals surface area contributed by atoms with E-state index in [9.17, 15) is 0 Å². The van der Waals surface area contributed by atoms with E-state index < -0.39 is 0 Å². The zero-order valence-electron chi connectivity index (χ0n) is 32.6. The zero-order valence-corrected chi connectivity index (χ0v) is 32.6. The van der Waals surface area contributed by atoms with Gasteiger partial charge in [0.2, 0.25) is 0 Å². The molecule has 0 aromatic rings. The number of allylic oxidation sites excluding steroid dienone is 1. The molecule has 0 heterocycles. The van der Waals surface area contributed by atoms with Gasteiger partial charge < -0.3 is 9.47 Å².